The Morgan fingerprint density at radius 2 is 2.50 bits per heavy atom. The molecular formula is C7H11IO2. The average Bonchev–Trinajstić information content (AvgIpc) is 2.30. The number of cyclic esters (lactones) is 1. The van der Waals surface area contributed by atoms with Gasteiger partial charge >= 0.3 is 5.97 Å². The molecule has 1 aliphatic heterocycles. The first kappa shape index (κ1) is 8.30. The number of alkyl halides is 1. The summed E-state index contributed by atoms with van der Waals surface area (Å²) in [5, 5.41) is 0. The van der Waals surface area contributed by atoms with Gasteiger partial charge in [-0.25, -0.2) is 0 Å². The van der Waals surface area contributed by atoms with Crippen molar-refractivity contribution in [1.29, 1.82) is 0 Å². The van der Waals surface area contributed by atoms with Gasteiger partial charge in [-0.2, -0.15) is 0 Å². The number of rotatable bonds is 2. The van der Waals surface area contributed by atoms with E-state index in [-0.39, 0.29) is 12.1 Å². The first-order valence-corrected chi connectivity index (χ1v) is 5.06. The molecule has 0 bridgehead atoms. The summed E-state index contributed by atoms with van der Waals surface area (Å²) in [6.07, 6.45) is 1.78. The third-order valence-electron chi connectivity index (χ3n) is 1.84. The number of carbonyl (C=O) groups is 1. The van der Waals surface area contributed by atoms with Crippen LogP contribution in [0, 0.1) is 5.92 Å². The van der Waals surface area contributed by atoms with Gasteiger partial charge in [0.2, 0.25) is 0 Å². The Hall–Kier alpha value is 0.200. The summed E-state index contributed by atoms with van der Waals surface area (Å²) in [6, 6.07) is 0. The van der Waals surface area contributed by atoms with Gasteiger partial charge in [0.15, 0.2) is 0 Å². The van der Waals surface area contributed by atoms with Crippen molar-refractivity contribution < 1.29 is 9.53 Å². The van der Waals surface area contributed by atoms with Crippen LogP contribution < -0.4 is 0 Å². The molecule has 2 unspecified atom stereocenters. The van der Waals surface area contributed by atoms with Crippen LogP contribution in [0.25, 0.3) is 0 Å². The summed E-state index contributed by atoms with van der Waals surface area (Å²) in [6.45, 7) is 2.06. The van der Waals surface area contributed by atoms with Crippen LogP contribution in [-0.4, -0.2) is 16.5 Å². The zero-order valence-electron chi connectivity index (χ0n) is 5.97. The fraction of sp³-hybridized carbons (Fsp3) is 0.857. The molecule has 0 aromatic rings. The van der Waals surface area contributed by atoms with Crippen molar-refractivity contribution in [1.82, 2.24) is 0 Å². The fourth-order valence-electron chi connectivity index (χ4n) is 1.23. The average molecular weight is 254 g/mol. The lowest BCUT2D eigenvalue weighted by atomic mass is 10.0. The first-order valence-electron chi connectivity index (χ1n) is 3.53. The summed E-state index contributed by atoms with van der Waals surface area (Å²) in [7, 11) is 0. The monoisotopic (exact) mass is 254 g/mol. The van der Waals surface area contributed by atoms with Gasteiger partial charge in [-0.05, 0) is 6.42 Å². The molecular weight excluding hydrogens is 243 g/mol. The third-order valence-corrected chi connectivity index (χ3v) is 2.97. The van der Waals surface area contributed by atoms with E-state index in [4.69, 9.17) is 4.74 Å². The molecule has 2 nitrogen and oxygen atoms in total. The van der Waals surface area contributed by atoms with E-state index < -0.39 is 0 Å². The van der Waals surface area contributed by atoms with Crippen molar-refractivity contribution >= 4 is 28.6 Å². The summed E-state index contributed by atoms with van der Waals surface area (Å²) in [5.41, 5.74) is 0. The molecule has 1 aliphatic rings. The van der Waals surface area contributed by atoms with Crippen LogP contribution >= 0.6 is 22.6 Å². The van der Waals surface area contributed by atoms with E-state index in [1.807, 2.05) is 0 Å². The van der Waals surface area contributed by atoms with Gasteiger partial charge in [-0.15, -0.1) is 0 Å². The Morgan fingerprint density at radius 3 is 2.90 bits per heavy atom. The minimum Gasteiger partial charge on any atom is -0.462 e. The number of hydrogen-bond acceptors (Lipinski definition) is 2. The second-order valence-electron chi connectivity index (χ2n) is 2.56. The van der Waals surface area contributed by atoms with E-state index in [2.05, 4.69) is 29.5 Å². The lowest BCUT2D eigenvalue weighted by Crippen LogP contribution is -2.15. The minimum absolute atomic E-state index is 0.0199. The van der Waals surface area contributed by atoms with Crippen LogP contribution in [0.2, 0.25) is 0 Å². The van der Waals surface area contributed by atoms with Crippen molar-refractivity contribution in [2.45, 2.75) is 25.9 Å². The predicted molar refractivity (Wildman–Crippen MR) is 47.2 cm³/mol. The molecule has 10 heavy (non-hydrogen) atoms. The predicted octanol–water partition coefficient (Wildman–Crippen LogP) is 1.76. The Kier molecular flexibility index (Phi) is 2.95. The van der Waals surface area contributed by atoms with Gasteiger partial charge in [-0.3, -0.25) is 4.79 Å². The van der Waals surface area contributed by atoms with E-state index in [0.29, 0.717) is 12.3 Å². The zero-order chi connectivity index (χ0) is 7.56. The number of esters is 1. The molecule has 0 spiro atoms. The molecule has 1 rings (SSSR count). The molecule has 1 saturated heterocycles. The van der Waals surface area contributed by atoms with Crippen molar-refractivity contribution in [2.75, 3.05) is 4.43 Å². The Labute approximate surface area is 74.5 Å². The molecule has 1 fully saturated rings. The Balaban J connectivity index is 2.48. The van der Waals surface area contributed by atoms with Gasteiger partial charge in [0.05, 0.1) is 6.42 Å². The second kappa shape index (κ2) is 3.55. The molecule has 0 amide bonds. The van der Waals surface area contributed by atoms with E-state index in [1.165, 1.54) is 0 Å². The number of halogens is 1. The van der Waals surface area contributed by atoms with Gasteiger partial charge in [0.25, 0.3) is 0 Å². The van der Waals surface area contributed by atoms with E-state index in [1.54, 1.807) is 0 Å². The molecule has 0 aliphatic carbocycles. The molecule has 3 heteroatoms. The van der Waals surface area contributed by atoms with Gasteiger partial charge in [-0.1, -0.05) is 29.5 Å². The lowest BCUT2D eigenvalue weighted by Gasteiger charge is -2.11. The Morgan fingerprint density at radius 1 is 1.80 bits per heavy atom. The summed E-state index contributed by atoms with van der Waals surface area (Å²) < 4.78 is 6.10. The van der Waals surface area contributed by atoms with Crippen LogP contribution in [0.5, 0.6) is 0 Å². The number of ether oxygens (including phenoxy) is 1. The highest BCUT2D eigenvalue weighted by atomic mass is 127. The van der Waals surface area contributed by atoms with Crippen LogP contribution in [0.15, 0.2) is 0 Å². The van der Waals surface area contributed by atoms with Crippen molar-refractivity contribution in [3.8, 4) is 0 Å². The lowest BCUT2D eigenvalue weighted by molar-refractivity contribution is -0.141. The summed E-state index contributed by atoms with van der Waals surface area (Å²) in [4.78, 5) is 10.8. The highest BCUT2D eigenvalue weighted by Gasteiger charge is 2.32. The standard InChI is InChI=1S/C7H11IO2/c1-2-6-5(4-8)3-7(9)10-6/h5-6H,2-4H2,1H3. The van der Waals surface area contributed by atoms with Crippen LogP contribution in [0.4, 0.5) is 0 Å². The molecule has 0 aromatic heterocycles. The topological polar surface area (TPSA) is 26.3 Å². The van der Waals surface area contributed by atoms with Crippen LogP contribution in [-0.2, 0) is 9.53 Å². The largest absolute Gasteiger partial charge is 0.462 e. The minimum atomic E-state index is -0.0199. The fourth-order valence-corrected chi connectivity index (χ4v) is 2.11. The Bertz CT molecular complexity index is 122. The first-order chi connectivity index (χ1) is 4.77. The molecule has 0 aromatic carbocycles. The van der Waals surface area contributed by atoms with E-state index in [9.17, 15) is 4.79 Å². The molecule has 0 N–H and O–H groups in total. The van der Waals surface area contributed by atoms with Crippen molar-refractivity contribution in [2.24, 2.45) is 5.92 Å². The number of hydrogen-bond donors (Lipinski definition) is 0. The van der Waals surface area contributed by atoms with E-state index in [0.717, 1.165) is 10.8 Å². The summed E-state index contributed by atoms with van der Waals surface area (Å²) in [5.74, 6) is 0.451. The maximum absolute atomic E-state index is 10.8. The maximum Gasteiger partial charge on any atom is 0.306 e. The molecule has 1 heterocycles. The SMILES string of the molecule is CCC1OC(=O)CC1CI. The number of carbonyl (C=O) groups excluding carboxylic acids is 1. The van der Waals surface area contributed by atoms with Gasteiger partial charge in [0, 0.05) is 10.3 Å². The van der Waals surface area contributed by atoms with Crippen molar-refractivity contribution in [3.05, 3.63) is 0 Å². The zero-order valence-corrected chi connectivity index (χ0v) is 8.13. The molecule has 2 atom stereocenters. The summed E-state index contributed by atoms with van der Waals surface area (Å²) >= 11 is 2.31. The van der Waals surface area contributed by atoms with Crippen LogP contribution in [0.3, 0.4) is 0 Å². The second-order valence-corrected chi connectivity index (χ2v) is 3.44. The maximum atomic E-state index is 10.8. The highest BCUT2D eigenvalue weighted by Crippen LogP contribution is 2.25. The van der Waals surface area contributed by atoms with Gasteiger partial charge < -0.3 is 4.74 Å². The van der Waals surface area contributed by atoms with E-state index >= 15 is 0 Å². The normalized spacial score (nSPS) is 32.4. The van der Waals surface area contributed by atoms with Crippen molar-refractivity contribution in [3.63, 3.8) is 0 Å². The third kappa shape index (κ3) is 1.62. The quantitative estimate of drug-likeness (QED) is 0.426. The molecule has 58 valence electrons. The molecule has 0 radical (unpaired) electrons. The van der Waals surface area contributed by atoms with Gasteiger partial charge in [0.1, 0.15) is 6.10 Å². The van der Waals surface area contributed by atoms with Crippen LogP contribution in [0.1, 0.15) is 19.8 Å². The smallest absolute Gasteiger partial charge is 0.306 e. The molecule has 0 saturated carbocycles. The highest BCUT2D eigenvalue weighted by molar-refractivity contribution is 14.1.